The predicted molar refractivity (Wildman–Crippen MR) is 62.6 cm³/mol. The summed E-state index contributed by atoms with van der Waals surface area (Å²) >= 11 is 3.35. The van der Waals surface area contributed by atoms with E-state index in [4.69, 9.17) is 5.73 Å². The lowest BCUT2D eigenvalue weighted by Crippen LogP contribution is -2.50. The third-order valence-corrected chi connectivity index (χ3v) is 3.32. The van der Waals surface area contributed by atoms with Gasteiger partial charge in [0.2, 0.25) is 0 Å². The first-order chi connectivity index (χ1) is 7.16. The van der Waals surface area contributed by atoms with Gasteiger partial charge in [-0.25, -0.2) is 0 Å². The van der Waals surface area contributed by atoms with Crippen molar-refractivity contribution in [2.45, 2.75) is 24.9 Å². The summed E-state index contributed by atoms with van der Waals surface area (Å²) in [6.07, 6.45) is 1.77. The minimum Gasteiger partial charge on any atom is -0.349 e. The molecule has 0 aromatic heterocycles. The first kappa shape index (κ1) is 10.6. The zero-order chi connectivity index (χ0) is 10.8. The van der Waals surface area contributed by atoms with E-state index in [2.05, 4.69) is 21.2 Å². The van der Waals surface area contributed by atoms with Gasteiger partial charge in [0, 0.05) is 16.6 Å². The Balaban J connectivity index is 1.99. The number of nitrogens with one attached hydrogen (secondary N) is 1. The minimum absolute atomic E-state index is 0.0284. The maximum Gasteiger partial charge on any atom is 0.252 e. The van der Waals surface area contributed by atoms with Gasteiger partial charge in [0.25, 0.3) is 5.91 Å². The topological polar surface area (TPSA) is 55.1 Å². The Morgan fingerprint density at radius 1 is 1.40 bits per heavy atom. The number of benzene rings is 1. The molecule has 80 valence electrons. The maximum atomic E-state index is 11.8. The second kappa shape index (κ2) is 4.33. The van der Waals surface area contributed by atoms with Crippen molar-refractivity contribution >= 4 is 21.8 Å². The summed E-state index contributed by atoms with van der Waals surface area (Å²) in [5.74, 6) is -0.0284. The zero-order valence-electron chi connectivity index (χ0n) is 8.24. The first-order valence-corrected chi connectivity index (χ1v) is 5.77. The lowest BCUT2D eigenvalue weighted by Gasteiger charge is -2.33. The second-order valence-electron chi connectivity index (χ2n) is 3.88. The molecule has 0 radical (unpaired) electrons. The van der Waals surface area contributed by atoms with E-state index in [1.807, 2.05) is 18.2 Å². The number of hydrogen-bond acceptors (Lipinski definition) is 2. The van der Waals surface area contributed by atoms with Crippen molar-refractivity contribution in [3.05, 3.63) is 34.3 Å². The average molecular weight is 269 g/mol. The van der Waals surface area contributed by atoms with Crippen molar-refractivity contribution in [2.75, 3.05) is 0 Å². The van der Waals surface area contributed by atoms with E-state index in [9.17, 15) is 4.79 Å². The Labute approximate surface area is 97.2 Å². The van der Waals surface area contributed by atoms with Crippen LogP contribution in [0, 0.1) is 0 Å². The fourth-order valence-electron chi connectivity index (χ4n) is 1.69. The highest BCUT2D eigenvalue weighted by molar-refractivity contribution is 9.10. The van der Waals surface area contributed by atoms with Crippen LogP contribution in [0.2, 0.25) is 0 Å². The van der Waals surface area contributed by atoms with Gasteiger partial charge < -0.3 is 11.1 Å². The number of carbonyl (C=O) groups is 1. The normalized spacial score (nSPS) is 24.4. The zero-order valence-corrected chi connectivity index (χ0v) is 9.83. The number of amides is 1. The lowest BCUT2D eigenvalue weighted by atomic mass is 9.87. The van der Waals surface area contributed by atoms with Crippen LogP contribution in [0.1, 0.15) is 23.2 Å². The molecule has 1 aromatic carbocycles. The van der Waals surface area contributed by atoms with Crippen LogP contribution in [0.3, 0.4) is 0 Å². The Hall–Kier alpha value is -0.870. The van der Waals surface area contributed by atoms with Gasteiger partial charge in [-0.2, -0.15) is 0 Å². The fourth-order valence-corrected chi connectivity index (χ4v) is 2.15. The van der Waals surface area contributed by atoms with E-state index < -0.39 is 0 Å². The molecule has 0 spiro atoms. The van der Waals surface area contributed by atoms with Gasteiger partial charge in [-0.15, -0.1) is 0 Å². The molecule has 1 saturated carbocycles. The molecule has 0 atom stereocenters. The van der Waals surface area contributed by atoms with E-state index in [0.717, 1.165) is 17.3 Å². The van der Waals surface area contributed by atoms with Crippen LogP contribution in [0.15, 0.2) is 28.7 Å². The Bertz CT molecular complexity index is 375. The van der Waals surface area contributed by atoms with Gasteiger partial charge in [-0.3, -0.25) is 4.79 Å². The van der Waals surface area contributed by atoms with Gasteiger partial charge in [-0.05, 0) is 40.9 Å². The summed E-state index contributed by atoms with van der Waals surface area (Å²) in [6, 6.07) is 7.92. The molecular weight excluding hydrogens is 256 g/mol. The van der Waals surface area contributed by atoms with Crippen molar-refractivity contribution in [3.63, 3.8) is 0 Å². The third-order valence-electron chi connectivity index (χ3n) is 2.63. The molecule has 3 nitrogen and oxygen atoms in total. The fraction of sp³-hybridized carbons (Fsp3) is 0.364. The molecule has 1 aliphatic rings. The molecule has 15 heavy (non-hydrogen) atoms. The van der Waals surface area contributed by atoms with Gasteiger partial charge in [-0.1, -0.05) is 12.1 Å². The summed E-state index contributed by atoms with van der Waals surface area (Å²) in [4.78, 5) is 11.8. The number of nitrogens with two attached hydrogens (primary N) is 1. The minimum atomic E-state index is -0.0284. The molecule has 1 amide bonds. The van der Waals surface area contributed by atoms with Crippen LogP contribution < -0.4 is 11.1 Å². The van der Waals surface area contributed by atoms with Gasteiger partial charge in [0.05, 0.1) is 5.56 Å². The van der Waals surface area contributed by atoms with Crippen LogP contribution in [0.4, 0.5) is 0 Å². The second-order valence-corrected chi connectivity index (χ2v) is 4.74. The monoisotopic (exact) mass is 268 g/mol. The lowest BCUT2D eigenvalue weighted by molar-refractivity contribution is 0.0909. The highest BCUT2D eigenvalue weighted by Gasteiger charge is 2.27. The molecule has 3 N–H and O–H groups in total. The van der Waals surface area contributed by atoms with E-state index in [0.29, 0.717) is 5.56 Å². The molecule has 2 rings (SSSR count). The van der Waals surface area contributed by atoms with Crippen LogP contribution in [-0.2, 0) is 0 Å². The third kappa shape index (κ3) is 2.38. The summed E-state index contributed by atoms with van der Waals surface area (Å²) in [6.45, 7) is 0. The van der Waals surface area contributed by atoms with Crippen molar-refractivity contribution < 1.29 is 4.79 Å². The molecule has 0 unspecified atom stereocenters. The predicted octanol–water partition coefficient (Wildman–Crippen LogP) is 1.67. The number of rotatable bonds is 2. The summed E-state index contributed by atoms with van der Waals surface area (Å²) in [5, 5.41) is 2.95. The van der Waals surface area contributed by atoms with E-state index in [1.165, 1.54) is 0 Å². The van der Waals surface area contributed by atoms with Gasteiger partial charge in [0.15, 0.2) is 0 Å². The van der Waals surface area contributed by atoms with Crippen molar-refractivity contribution in [1.82, 2.24) is 5.32 Å². The van der Waals surface area contributed by atoms with Crippen molar-refractivity contribution in [3.8, 4) is 0 Å². The number of hydrogen-bond donors (Lipinski definition) is 2. The average Bonchev–Trinajstić information content (AvgIpc) is 2.16. The largest absolute Gasteiger partial charge is 0.349 e. The molecule has 0 aliphatic heterocycles. The SMILES string of the molecule is NC1CC(NC(=O)c2ccccc2Br)C1. The van der Waals surface area contributed by atoms with Gasteiger partial charge in [0.1, 0.15) is 0 Å². The molecule has 0 saturated heterocycles. The van der Waals surface area contributed by atoms with E-state index >= 15 is 0 Å². The van der Waals surface area contributed by atoms with E-state index in [-0.39, 0.29) is 18.0 Å². The molecule has 1 aromatic rings. The van der Waals surface area contributed by atoms with Crippen molar-refractivity contribution in [1.29, 1.82) is 0 Å². The molecule has 0 bridgehead atoms. The highest BCUT2D eigenvalue weighted by atomic mass is 79.9. The molecular formula is C11H13BrN2O. The number of carbonyl (C=O) groups excluding carboxylic acids is 1. The first-order valence-electron chi connectivity index (χ1n) is 4.98. The standard InChI is InChI=1S/C11H13BrN2O/c12-10-4-2-1-3-9(10)11(15)14-8-5-7(13)6-8/h1-4,7-8H,5-6,13H2,(H,14,15). The van der Waals surface area contributed by atoms with Crippen LogP contribution in [-0.4, -0.2) is 18.0 Å². The summed E-state index contributed by atoms with van der Waals surface area (Å²) < 4.78 is 0.825. The Morgan fingerprint density at radius 3 is 2.67 bits per heavy atom. The molecule has 4 heteroatoms. The van der Waals surface area contributed by atoms with Crippen LogP contribution in [0.5, 0.6) is 0 Å². The van der Waals surface area contributed by atoms with Gasteiger partial charge >= 0.3 is 0 Å². The highest BCUT2D eigenvalue weighted by Crippen LogP contribution is 2.20. The Kier molecular flexibility index (Phi) is 3.07. The molecule has 1 fully saturated rings. The van der Waals surface area contributed by atoms with Crippen molar-refractivity contribution in [2.24, 2.45) is 5.73 Å². The van der Waals surface area contributed by atoms with E-state index in [1.54, 1.807) is 6.07 Å². The Morgan fingerprint density at radius 2 is 2.07 bits per heavy atom. The maximum absolute atomic E-state index is 11.8. The summed E-state index contributed by atoms with van der Waals surface area (Å²) in [5.41, 5.74) is 6.33. The van der Waals surface area contributed by atoms with Crippen LogP contribution >= 0.6 is 15.9 Å². The summed E-state index contributed by atoms with van der Waals surface area (Å²) in [7, 11) is 0. The van der Waals surface area contributed by atoms with Crippen LogP contribution in [0.25, 0.3) is 0 Å². The molecule has 0 heterocycles. The quantitative estimate of drug-likeness (QED) is 0.858. The molecule has 1 aliphatic carbocycles. The smallest absolute Gasteiger partial charge is 0.252 e. The number of halogens is 1.